The number of hydrogen-bond acceptors (Lipinski definition) is 6. The third-order valence-corrected chi connectivity index (χ3v) is 6.40. The Balaban J connectivity index is 1.75. The number of rotatable bonds is 5. The van der Waals surface area contributed by atoms with Gasteiger partial charge >= 0.3 is 0 Å². The molecule has 1 fully saturated rings. The predicted molar refractivity (Wildman–Crippen MR) is 105 cm³/mol. The second-order valence-electron chi connectivity index (χ2n) is 6.51. The highest BCUT2D eigenvalue weighted by atomic mass is 32.1. The highest BCUT2D eigenvalue weighted by molar-refractivity contribution is 7.19. The number of amides is 1. The van der Waals surface area contributed by atoms with Gasteiger partial charge in [0.1, 0.15) is 10.6 Å². The van der Waals surface area contributed by atoms with Crippen molar-refractivity contribution in [1.29, 1.82) is 0 Å². The Hall–Kier alpha value is -1.99. The molecule has 1 amide bonds. The average Bonchev–Trinajstić information content (AvgIpc) is 3.11. The molecule has 0 spiro atoms. The van der Waals surface area contributed by atoms with E-state index in [0.29, 0.717) is 12.6 Å². The van der Waals surface area contributed by atoms with Crippen molar-refractivity contribution in [2.75, 3.05) is 18.5 Å². The topological polar surface area (TPSA) is 58.1 Å². The first kappa shape index (κ1) is 16.5. The van der Waals surface area contributed by atoms with Crippen LogP contribution in [0.15, 0.2) is 17.5 Å². The smallest absolute Gasteiger partial charge is 0.239 e. The van der Waals surface area contributed by atoms with Crippen LogP contribution in [-0.2, 0) is 4.79 Å². The van der Waals surface area contributed by atoms with E-state index in [4.69, 9.17) is 9.97 Å². The lowest BCUT2D eigenvalue weighted by Gasteiger charge is -2.19. The molecule has 0 saturated heterocycles. The minimum absolute atomic E-state index is 0.0547. The summed E-state index contributed by atoms with van der Waals surface area (Å²) in [5.41, 5.74) is 1.20. The second kappa shape index (κ2) is 6.38. The molecule has 0 radical (unpaired) electrons. The van der Waals surface area contributed by atoms with E-state index in [2.05, 4.69) is 19.2 Å². The fourth-order valence-electron chi connectivity index (χ4n) is 2.81. The van der Waals surface area contributed by atoms with Gasteiger partial charge in [0.25, 0.3) is 0 Å². The molecule has 130 valence electrons. The summed E-state index contributed by atoms with van der Waals surface area (Å²) >= 11 is 3.32. The predicted octanol–water partition coefficient (Wildman–Crippen LogP) is 3.75. The van der Waals surface area contributed by atoms with Crippen LogP contribution in [0.5, 0.6) is 0 Å². The third kappa shape index (κ3) is 3.26. The SMILES string of the molecule is Cc1sc2nc(-c3cccs3)nc(N(C)CC(=O)NC3CC3)c2c1C. The van der Waals surface area contributed by atoms with Crippen LogP contribution in [0, 0.1) is 13.8 Å². The van der Waals surface area contributed by atoms with Crippen LogP contribution in [0.4, 0.5) is 5.82 Å². The highest BCUT2D eigenvalue weighted by Crippen LogP contribution is 2.36. The number of thiophene rings is 2. The zero-order valence-electron chi connectivity index (χ0n) is 14.5. The molecular weight excluding hydrogens is 352 g/mol. The molecule has 3 aromatic heterocycles. The number of likely N-dealkylation sites (N-methyl/N-ethyl adjacent to an activating group) is 1. The van der Waals surface area contributed by atoms with Gasteiger partial charge in [-0.1, -0.05) is 6.07 Å². The van der Waals surface area contributed by atoms with Crippen LogP contribution in [-0.4, -0.2) is 35.5 Å². The summed E-state index contributed by atoms with van der Waals surface area (Å²) < 4.78 is 0. The van der Waals surface area contributed by atoms with E-state index in [9.17, 15) is 4.79 Å². The van der Waals surface area contributed by atoms with E-state index in [1.54, 1.807) is 22.7 Å². The Bertz CT molecular complexity index is 928. The summed E-state index contributed by atoms with van der Waals surface area (Å²) in [5, 5.41) is 6.13. The summed E-state index contributed by atoms with van der Waals surface area (Å²) in [4.78, 5) is 27.0. The van der Waals surface area contributed by atoms with Gasteiger partial charge in [-0.15, -0.1) is 22.7 Å². The molecule has 4 rings (SSSR count). The van der Waals surface area contributed by atoms with Gasteiger partial charge in [-0.25, -0.2) is 9.97 Å². The van der Waals surface area contributed by atoms with Gasteiger partial charge in [-0.05, 0) is 43.7 Å². The normalized spacial score (nSPS) is 14.0. The highest BCUT2D eigenvalue weighted by Gasteiger charge is 2.25. The van der Waals surface area contributed by atoms with Gasteiger partial charge in [0.2, 0.25) is 5.91 Å². The molecule has 0 unspecified atom stereocenters. The number of anilines is 1. The molecule has 0 bridgehead atoms. The molecule has 0 aliphatic heterocycles. The summed E-state index contributed by atoms with van der Waals surface area (Å²) in [6, 6.07) is 4.41. The van der Waals surface area contributed by atoms with Crippen molar-refractivity contribution >= 4 is 44.6 Å². The summed E-state index contributed by atoms with van der Waals surface area (Å²) in [5.74, 6) is 1.62. The number of aryl methyl sites for hydroxylation is 2. The first-order valence-corrected chi connectivity index (χ1v) is 10.0. The number of nitrogens with zero attached hydrogens (tertiary/aromatic N) is 3. The van der Waals surface area contributed by atoms with Crippen molar-refractivity contribution in [3.63, 3.8) is 0 Å². The van der Waals surface area contributed by atoms with E-state index in [-0.39, 0.29) is 5.91 Å². The lowest BCUT2D eigenvalue weighted by Crippen LogP contribution is -2.36. The Kier molecular flexibility index (Phi) is 4.21. The van der Waals surface area contributed by atoms with Crippen LogP contribution in [0.2, 0.25) is 0 Å². The quantitative estimate of drug-likeness (QED) is 0.741. The van der Waals surface area contributed by atoms with Gasteiger partial charge < -0.3 is 10.2 Å². The number of carbonyl (C=O) groups is 1. The second-order valence-corrected chi connectivity index (χ2v) is 8.66. The van der Waals surface area contributed by atoms with Crippen molar-refractivity contribution in [2.45, 2.75) is 32.7 Å². The standard InChI is InChI=1S/C18H20N4OS2/c1-10-11(2)25-18-15(10)17(20-16(21-18)13-5-4-8-24-13)22(3)9-14(23)19-12-6-7-12/h4-5,8,12H,6-7,9H2,1-3H3,(H,19,23). The fraction of sp³-hybridized carbons (Fsp3) is 0.389. The van der Waals surface area contributed by atoms with Crippen molar-refractivity contribution in [3.05, 3.63) is 28.0 Å². The third-order valence-electron chi connectivity index (χ3n) is 4.44. The number of nitrogens with one attached hydrogen (secondary N) is 1. The number of carbonyl (C=O) groups excluding carboxylic acids is 1. The zero-order valence-corrected chi connectivity index (χ0v) is 16.1. The lowest BCUT2D eigenvalue weighted by molar-refractivity contribution is -0.119. The van der Waals surface area contributed by atoms with E-state index < -0.39 is 0 Å². The minimum Gasteiger partial charge on any atom is -0.352 e. The van der Waals surface area contributed by atoms with Crippen LogP contribution in [0.25, 0.3) is 20.9 Å². The van der Waals surface area contributed by atoms with E-state index in [1.807, 2.05) is 29.5 Å². The maximum Gasteiger partial charge on any atom is 0.239 e. The van der Waals surface area contributed by atoms with Crippen LogP contribution in [0.3, 0.4) is 0 Å². The van der Waals surface area contributed by atoms with Crippen LogP contribution in [0.1, 0.15) is 23.3 Å². The summed E-state index contributed by atoms with van der Waals surface area (Å²) in [6.07, 6.45) is 2.19. The average molecular weight is 373 g/mol. The lowest BCUT2D eigenvalue weighted by atomic mass is 10.2. The minimum atomic E-state index is 0.0547. The molecular formula is C18H20N4OS2. The van der Waals surface area contributed by atoms with Crippen molar-refractivity contribution < 1.29 is 4.79 Å². The molecule has 7 heteroatoms. The Labute approximate surface area is 154 Å². The van der Waals surface area contributed by atoms with Gasteiger partial charge in [0.15, 0.2) is 5.82 Å². The zero-order chi connectivity index (χ0) is 17.6. The number of hydrogen-bond donors (Lipinski definition) is 1. The van der Waals surface area contributed by atoms with Gasteiger partial charge in [0.05, 0.1) is 16.8 Å². The van der Waals surface area contributed by atoms with Crippen molar-refractivity contribution in [2.24, 2.45) is 0 Å². The van der Waals surface area contributed by atoms with Crippen LogP contribution < -0.4 is 10.2 Å². The summed E-state index contributed by atoms with van der Waals surface area (Å²) in [6.45, 7) is 4.51. The van der Waals surface area contributed by atoms with Crippen molar-refractivity contribution in [3.8, 4) is 10.7 Å². The maximum atomic E-state index is 12.2. The molecule has 0 aromatic carbocycles. The number of aromatic nitrogens is 2. The molecule has 5 nitrogen and oxygen atoms in total. The molecule has 1 saturated carbocycles. The van der Waals surface area contributed by atoms with Gasteiger partial charge in [-0.2, -0.15) is 0 Å². The molecule has 3 aromatic rings. The van der Waals surface area contributed by atoms with Crippen molar-refractivity contribution in [1.82, 2.24) is 15.3 Å². The molecule has 1 aliphatic rings. The van der Waals surface area contributed by atoms with E-state index >= 15 is 0 Å². The molecule has 1 N–H and O–H groups in total. The molecule has 0 atom stereocenters. The summed E-state index contributed by atoms with van der Waals surface area (Å²) in [7, 11) is 1.93. The molecule has 25 heavy (non-hydrogen) atoms. The first-order valence-electron chi connectivity index (χ1n) is 8.35. The molecule has 1 aliphatic carbocycles. The number of fused-ring (bicyclic) bond motifs is 1. The Morgan fingerprint density at radius 2 is 2.16 bits per heavy atom. The maximum absolute atomic E-state index is 12.2. The Morgan fingerprint density at radius 1 is 1.36 bits per heavy atom. The van der Waals surface area contributed by atoms with Crippen LogP contribution >= 0.6 is 22.7 Å². The van der Waals surface area contributed by atoms with Gasteiger partial charge in [-0.3, -0.25) is 4.79 Å². The molecule has 3 heterocycles. The largest absolute Gasteiger partial charge is 0.352 e. The Morgan fingerprint density at radius 3 is 2.84 bits per heavy atom. The van der Waals surface area contributed by atoms with E-state index in [0.717, 1.165) is 39.6 Å². The van der Waals surface area contributed by atoms with E-state index in [1.165, 1.54) is 10.4 Å². The first-order chi connectivity index (χ1) is 12.0. The monoisotopic (exact) mass is 372 g/mol. The van der Waals surface area contributed by atoms with Gasteiger partial charge in [0, 0.05) is 18.0 Å². The fourth-order valence-corrected chi connectivity index (χ4v) is 4.49.